The van der Waals surface area contributed by atoms with E-state index in [1.807, 2.05) is 0 Å². The van der Waals surface area contributed by atoms with Gasteiger partial charge >= 0.3 is 0 Å². The van der Waals surface area contributed by atoms with Crippen LogP contribution >= 0.6 is 0 Å². The summed E-state index contributed by atoms with van der Waals surface area (Å²) in [6.45, 7) is -0.0287. The number of benzene rings is 9. The number of fused-ring (bicyclic) bond motifs is 8. The fraction of sp³-hybridized carbons (Fsp3) is 0.182. The Hall–Kier alpha value is -8.09. The molecular weight excluding hydrogens is 898 g/mol. The molecule has 0 atom stereocenters. The Morgan fingerprint density at radius 3 is 0.865 bits per heavy atom. The first-order valence-corrected chi connectivity index (χ1v) is 27.4. The molecule has 9 aromatic carbocycles. The van der Waals surface area contributed by atoms with Gasteiger partial charge in [-0.25, -0.2) is 0 Å². The van der Waals surface area contributed by atoms with Gasteiger partial charge in [0.2, 0.25) is 0 Å². The molecule has 8 aliphatic rings. The van der Waals surface area contributed by atoms with E-state index < -0.39 is 0 Å². The number of para-hydroxylation sites is 6. The molecule has 74 heavy (non-hydrogen) atoms. The van der Waals surface area contributed by atoms with Gasteiger partial charge in [0, 0.05) is 104 Å². The molecule has 4 saturated carbocycles. The molecule has 0 aromatic heterocycles. The Labute approximate surface area is 434 Å². The summed E-state index contributed by atoms with van der Waals surface area (Å²) in [7, 11) is 0. The summed E-state index contributed by atoms with van der Waals surface area (Å²) >= 11 is 0. The minimum atomic E-state index is -0.0144. The number of hydrogen-bond acceptors (Lipinski definition) is 6. The molecular formula is C66H54B2N6. The van der Waals surface area contributed by atoms with Crippen molar-refractivity contribution in [1.29, 1.82) is 0 Å². The average molecular weight is 953 g/mol. The third kappa shape index (κ3) is 6.20. The quantitative estimate of drug-likeness (QED) is 0.126. The molecule has 0 saturated heterocycles. The molecule has 0 N–H and O–H groups in total. The maximum atomic E-state index is 2.82. The van der Waals surface area contributed by atoms with Crippen LogP contribution in [-0.2, 0) is 0 Å². The molecule has 4 aliphatic heterocycles. The van der Waals surface area contributed by atoms with E-state index in [1.54, 1.807) is 0 Å². The second kappa shape index (κ2) is 15.7. The minimum absolute atomic E-state index is 0.0144. The fourth-order valence-electron chi connectivity index (χ4n) is 13.9. The van der Waals surface area contributed by atoms with Gasteiger partial charge < -0.3 is 29.4 Å². The molecule has 4 aliphatic carbocycles. The van der Waals surface area contributed by atoms with Gasteiger partial charge in [0.05, 0.1) is 0 Å². The Balaban J connectivity index is 0.984. The van der Waals surface area contributed by atoms with E-state index in [0.717, 1.165) is 0 Å². The summed E-state index contributed by atoms with van der Waals surface area (Å²) < 4.78 is 0. The van der Waals surface area contributed by atoms with Crippen molar-refractivity contribution in [1.82, 2.24) is 0 Å². The van der Waals surface area contributed by atoms with Gasteiger partial charge in [-0.05, 0) is 175 Å². The molecule has 0 spiro atoms. The molecule has 354 valence electrons. The molecule has 0 amide bonds. The van der Waals surface area contributed by atoms with Crippen molar-refractivity contribution in [3.63, 3.8) is 0 Å². The van der Waals surface area contributed by atoms with Crippen molar-refractivity contribution in [3.8, 4) is 0 Å². The number of anilines is 14. The smallest absolute Gasteiger partial charge is 0.252 e. The normalized spacial score (nSPS) is 17.5. The van der Waals surface area contributed by atoms with Gasteiger partial charge in [-0.3, -0.25) is 0 Å². The number of nitrogens with zero attached hydrogens (tertiary/aromatic N) is 6. The van der Waals surface area contributed by atoms with E-state index in [2.05, 4.69) is 236 Å². The van der Waals surface area contributed by atoms with Crippen LogP contribution in [0.5, 0.6) is 0 Å². The first-order chi connectivity index (χ1) is 36.7. The van der Waals surface area contributed by atoms with E-state index in [4.69, 9.17) is 0 Å². The van der Waals surface area contributed by atoms with Crippen LogP contribution in [0.25, 0.3) is 0 Å². The van der Waals surface area contributed by atoms with Crippen molar-refractivity contribution in [2.75, 3.05) is 29.4 Å². The van der Waals surface area contributed by atoms with Crippen LogP contribution in [0.15, 0.2) is 206 Å². The topological polar surface area (TPSA) is 19.4 Å². The van der Waals surface area contributed by atoms with Gasteiger partial charge in [-0.1, -0.05) is 115 Å². The Morgan fingerprint density at radius 2 is 0.554 bits per heavy atom. The first kappa shape index (κ1) is 41.4. The second-order valence-electron chi connectivity index (χ2n) is 22.2. The fourth-order valence-corrected chi connectivity index (χ4v) is 13.9. The lowest BCUT2D eigenvalue weighted by Gasteiger charge is -2.48. The van der Waals surface area contributed by atoms with E-state index in [0.29, 0.717) is 24.2 Å². The summed E-state index contributed by atoms with van der Waals surface area (Å²) in [6.07, 6.45) is 10.1. The van der Waals surface area contributed by atoms with Crippen LogP contribution in [0.4, 0.5) is 79.6 Å². The Bertz CT molecular complexity index is 3460. The maximum Gasteiger partial charge on any atom is 0.252 e. The molecule has 9 aromatic rings. The summed E-state index contributed by atoms with van der Waals surface area (Å²) in [6, 6.07) is 81.5. The van der Waals surface area contributed by atoms with Gasteiger partial charge in [0.25, 0.3) is 13.4 Å². The summed E-state index contributed by atoms with van der Waals surface area (Å²) in [4.78, 5) is 16.1. The monoisotopic (exact) mass is 952 g/mol. The number of hydrogen-bond donors (Lipinski definition) is 0. The van der Waals surface area contributed by atoms with Crippen LogP contribution in [0.1, 0.15) is 51.4 Å². The Kier molecular flexibility index (Phi) is 8.79. The van der Waals surface area contributed by atoms with Crippen molar-refractivity contribution in [2.45, 2.75) is 75.5 Å². The second-order valence-corrected chi connectivity index (χ2v) is 22.2. The zero-order chi connectivity index (χ0) is 48.2. The van der Waals surface area contributed by atoms with Crippen molar-refractivity contribution in [2.24, 2.45) is 0 Å². The lowest BCUT2D eigenvalue weighted by atomic mass is 9.30. The average Bonchev–Trinajstić information content (AvgIpc) is 4.21. The third-order valence-electron chi connectivity index (χ3n) is 17.5. The maximum absolute atomic E-state index is 2.82. The van der Waals surface area contributed by atoms with Crippen LogP contribution in [0, 0.1) is 0 Å². The van der Waals surface area contributed by atoms with Gasteiger partial charge in [0.15, 0.2) is 0 Å². The van der Waals surface area contributed by atoms with E-state index in [-0.39, 0.29) is 13.4 Å². The Morgan fingerprint density at radius 1 is 0.270 bits per heavy atom. The predicted octanol–water partition coefficient (Wildman–Crippen LogP) is 12.1. The largest absolute Gasteiger partial charge is 0.365 e. The van der Waals surface area contributed by atoms with Crippen LogP contribution in [-0.4, -0.2) is 37.6 Å². The zero-order valence-electron chi connectivity index (χ0n) is 41.4. The van der Waals surface area contributed by atoms with Gasteiger partial charge in [-0.15, -0.1) is 0 Å². The number of rotatable bonds is 10. The van der Waals surface area contributed by atoms with Gasteiger partial charge in [0.1, 0.15) is 0 Å². The van der Waals surface area contributed by atoms with Gasteiger partial charge in [-0.2, -0.15) is 0 Å². The zero-order valence-corrected chi connectivity index (χ0v) is 41.4. The third-order valence-corrected chi connectivity index (χ3v) is 17.5. The summed E-state index contributed by atoms with van der Waals surface area (Å²) in [5.74, 6) is 0. The standard InChI is InChI=1S/C66H54B2N6/c1-5-17-43(18-6-1)71-57-27-15-13-25-53(57)67-55-41-56-60(42-59(55)73(45-21-9-3-10-22-45)63-39-51(37-61(71)65(63)67)69(47-29-30-47)48-31-32-48)74(46-23-11-4-12-24-46)64-40-52(70(49-33-34-49)50-35-36-50)38-62-66(64)68(56)54-26-14-16-28-58(54)72(62)44-19-7-2-8-20-44/h1-28,37-42,47-50H,29-36H2. The SMILES string of the molecule is c1ccc(N2c3ccccc3B3c4cc5c(cc4N(c4ccccc4)c4cc(N(C6CC6)C6CC6)cc2c43)N(c2ccccc2)c2cc(N(C3CC3)C3CC3)cc3c2B5c2ccccc2N3c2ccccc2)cc1. The highest BCUT2D eigenvalue weighted by molar-refractivity contribution is 7.03. The first-order valence-electron chi connectivity index (χ1n) is 27.4. The van der Waals surface area contributed by atoms with Crippen molar-refractivity contribution < 1.29 is 0 Å². The summed E-state index contributed by atoms with van der Waals surface area (Å²) in [5, 5.41) is 0. The highest BCUT2D eigenvalue weighted by Gasteiger charge is 2.50. The van der Waals surface area contributed by atoms with Crippen LogP contribution < -0.4 is 62.2 Å². The highest BCUT2D eigenvalue weighted by Crippen LogP contribution is 2.53. The molecule has 6 nitrogen and oxygen atoms in total. The molecule has 0 unspecified atom stereocenters. The minimum Gasteiger partial charge on any atom is -0.365 e. The van der Waals surface area contributed by atoms with E-state index >= 15 is 0 Å². The van der Waals surface area contributed by atoms with Crippen LogP contribution in [0.3, 0.4) is 0 Å². The molecule has 0 bridgehead atoms. The lowest BCUT2D eigenvalue weighted by Crippen LogP contribution is -2.65. The summed E-state index contributed by atoms with van der Waals surface area (Å²) in [5.41, 5.74) is 25.7. The van der Waals surface area contributed by atoms with Crippen molar-refractivity contribution in [3.05, 3.63) is 206 Å². The molecule has 8 heteroatoms. The lowest BCUT2D eigenvalue weighted by molar-refractivity contribution is 0.789. The van der Waals surface area contributed by atoms with E-state index in [9.17, 15) is 0 Å². The molecule has 4 fully saturated rings. The van der Waals surface area contributed by atoms with Crippen LogP contribution in [0.2, 0.25) is 0 Å². The molecule has 17 rings (SSSR count). The molecule has 0 radical (unpaired) electrons. The van der Waals surface area contributed by atoms with Crippen molar-refractivity contribution >= 4 is 126 Å². The van der Waals surface area contributed by atoms with E-state index in [1.165, 1.54) is 164 Å². The molecule has 4 heterocycles. The highest BCUT2D eigenvalue weighted by atomic mass is 15.3. The predicted molar refractivity (Wildman–Crippen MR) is 312 cm³/mol.